The van der Waals surface area contributed by atoms with Gasteiger partial charge in [-0.15, -0.1) is 0 Å². The molecular weight excluding hydrogens is 202 g/mol. The number of benzene rings is 1. The lowest BCUT2D eigenvalue weighted by atomic mass is 10.1. The van der Waals surface area contributed by atoms with Crippen LogP contribution < -0.4 is 14.8 Å². The zero-order valence-electron chi connectivity index (χ0n) is 10.8. The summed E-state index contributed by atoms with van der Waals surface area (Å²) in [4.78, 5) is 0. The van der Waals surface area contributed by atoms with E-state index in [0.29, 0.717) is 0 Å². The molecule has 0 atom stereocenters. The van der Waals surface area contributed by atoms with Crippen LogP contribution in [0.2, 0.25) is 0 Å². The molecule has 3 nitrogen and oxygen atoms in total. The van der Waals surface area contributed by atoms with Gasteiger partial charge in [-0.2, -0.15) is 0 Å². The van der Waals surface area contributed by atoms with Crippen molar-refractivity contribution < 1.29 is 14.8 Å². The van der Waals surface area contributed by atoms with Crippen molar-refractivity contribution >= 4 is 0 Å². The summed E-state index contributed by atoms with van der Waals surface area (Å²) in [6, 6.07) is 5.98. The van der Waals surface area contributed by atoms with Crippen LogP contribution in [0, 0.1) is 0 Å². The largest absolute Gasteiger partial charge is 0.493 e. The van der Waals surface area contributed by atoms with Crippen LogP contribution in [0.1, 0.15) is 26.3 Å². The maximum absolute atomic E-state index is 5.39. The molecule has 0 fully saturated rings. The van der Waals surface area contributed by atoms with Crippen molar-refractivity contribution in [1.29, 1.82) is 0 Å². The Labute approximate surface area is 97.8 Å². The maximum atomic E-state index is 5.39. The molecule has 0 amide bonds. The monoisotopic (exact) mass is 224 g/mol. The van der Waals surface area contributed by atoms with Gasteiger partial charge in [0.05, 0.1) is 25.3 Å². The summed E-state index contributed by atoms with van der Waals surface area (Å²) in [5.74, 6) is 1.63. The standard InChI is InChI=1S/C13H21NO2/c1-13(2,3)14-9-10-7-6-8-11(15-4)12(10)16-5/h6-8,14H,9H2,1-5H3/p+1. The van der Waals surface area contributed by atoms with E-state index in [1.54, 1.807) is 14.2 Å². The average Bonchev–Trinajstić information content (AvgIpc) is 2.24. The van der Waals surface area contributed by atoms with Crippen LogP contribution in [0.15, 0.2) is 18.2 Å². The molecule has 0 saturated heterocycles. The smallest absolute Gasteiger partial charge is 0.169 e. The summed E-state index contributed by atoms with van der Waals surface area (Å²) in [6.45, 7) is 7.48. The van der Waals surface area contributed by atoms with Crippen molar-refractivity contribution in [3.63, 3.8) is 0 Å². The second-order valence-electron chi connectivity index (χ2n) is 4.93. The Morgan fingerprint density at radius 1 is 1.12 bits per heavy atom. The Morgan fingerprint density at radius 2 is 1.81 bits per heavy atom. The van der Waals surface area contributed by atoms with Gasteiger partial charge in [-0.1, -0.05) is 6.07 Å². The van der Waals surface area contributed by atoms with Crippen molar-refractivity contribution in [1.82, 2.24) is 0 Å². The second-order valence-corrected chi connectivity index (χ2v) is 4.93. The quantitative estimate of drug-likeness (QED) is 0.842. The molecule has 0 bridgehead atoms. The molecule has 0 saturated carbocycles. The molecule has 1 aromatic rings. The third-order valence-electron chi connectivity index (χ3n) is 2.42. The van der Waals surface area contributed by atoms with Gasteiger partial charge in [-0.25, -0.2) is 0 Å². The fourth-order valence-electron chi connectivity index (χ4n) is 1.53. The molecule has 90 valence electrons. The van der Waals surface area contributed by atoms with E-state index in [4.69, 9.17) is 9.47 Å². The molecule has 3 heteroatoms. The predicted molar refractivity (Wildman–Crippen MR) is 64.9 cm³/mol. The molecule has 0 aromatic heterocycles. The van der Waals surface area contributed by atoms with Crippen LogP contribution in [0.25, 0.3) is 0 Å². The van der Waals surface area contributed by atoms with E-state index in [9.17, 15) is 0 Å². The van der Waals surface area contributed by atoms with E-state index in [-0.39, 0.29) is 5.54 Å². The number of rotatable bonds is 4. The molecule has 0 radical (unpaired) electrons. The molecule has 0 aliphatic rings. The number of ether oxygens (including phenoxy) is 2. The minimum absolute atomic E-state index is 0.216. The van der Waals surface area contributed by atoms with E-state index < -0.39 is 0 Å². The highest BCUT2D eigenvalue weighted by molar-refractivity contribution is 5.46. The van der Waals surface area contributed by atoms with E-state index in [2.05, 4.69) is 32.2 Å². The Bertz CT molecular complexity index is 342. The minimum atomic E-state index is 0.216. The Kier molecular flexibility index (Phi) is 4.19. The van der Waals surface area contributed by atoms with Crippen molar-refractivity contribution in [2.45, 2.75) is 32.9 Å². The number of quaternary nitrogens is 1. The molecule has 1 rings (SSSR count). The molecule has 0 unspecified atom stereocenters. The number of hydrogen-bond donors (Lipinski definition) is 1. The van der Waals surface area contributed by atoms with Crippen LogP contribution in [0.4, 0.5) is 0 Å². The third kappa shape index (κ3) is 3.42. The van der Waals surface area contributed by atoms with E-state index in [1.807, 2.05) is 12.1 Å². The summed E-state index contributed by atoms with van der Waals surface area (Å²) in [5.41, 5.74) is 1.38. The number of methoxy groups -OCH3 is 2. The molecule has 0 spiro atoms. The molecule has 0 aliphatic heterocycles. The van der Waals surface area contributed by atoms with Crippen molar-refractivity contribution in [2.24, 2.45) is 0 Å². The Balaban J connectivity index is 2.87. The van der Waals surface area contributed by atoms with Crippen molar-refractivity contribution in [3.8, 4) is 11.5 Å². The first-order chi connectivity index (χ1) is 7.48. The van der Waals surface area contributed by atoms with Gasteiger partial charge >= 0.3 is 0 Å². The topological polar surface area (TPSA) is 35.1 Å². The average molecular weight is 224 g/mol. The summed E-state index contributed by atoms with van der Waals surface area (Å²) in [5, 5.41) is 2.28. The first-order valence-electron chi connectivity index (χ1n) is 5.52. The SMILES string of the molecule is COc1cccc(C[NH2+]C(C)(C)C)c1OC. The van der Waals surface area contributed by atoms with Gasteiger partial charge in [0.25, 0.3) is 0 Å². The molecule has 1 aromatic carbocycles. The molecular formula is C13H22NO2+. The van der Waals surface area contributed by atoms with Crippen molar-refractivity contribution in [3.05, 3.63) is 23.8 Å². The van der Waals surface area contributed by atoms with Crippen LogP contribution in [-0.4, -0.2) is 19.8 Å². The normalized spacial score (nSPS) is 11.3. The first-order valence-corrected chi connectivity index (χ1v) is 5.52. The Hall–Kier alpha value is -1.22. The van der Waals surface area contributed by atoms with Gasteiger partial charge < -0.3 is 14.8 Å². The lowest BCUT2D eigenvalue weighted by molar-refractivity contribution is -0.731. The molecule has 2 N–H and O–H groups in total. The lowest BCUT2D eigenvalue weighted by Crippen LogP contribution is -2.92. The minimum Gasteiger partial charge on any atom is -0.493 e. The highest BCUT2D eigenvalue weighted by Gasteiger charge is 2.16. The fourth-order valence-corrected chi connectivity index (χ4v) is 1.53. The van der Waals surface area contributed by atoms with Gasteiger partial charge in [0.1, 0.15) is 6.54 Å². The Morgan fingerprint density at radius 3 is 2.31 bits per heavy atom. The number of hydrogen-bond acceptors (Lipinski definition) is 2. The van der Waals surface area contributed by atoms with Gasteiger partial charge in [0.15, 0.2) is 11.5 Å². The van der Waals surface area contributed by atoms with Gasteiger partial charge in [0, 0.05) is 0 Å². The maximum Gasteiger partial charge on any atom is 0.169 e. The van der Waals surface area contributed by atoms with Gasteiger partial charge in [-0.3, -0.25) is 0 Å². The number of para-hydroxylation sites is 1. The van der Waals surface area contributed by atoms with Crippen LogP contribution in [0.5, 0.6) is 11.5 Å². The predicted octanol–water partition coefficient (Wildman–Crippen LogP) is 1.57. The van der Waals surface area contributed by atoms with Crippen LogP contribution in [0.3, 0.4) is 0 Å². The summed E-state index contributed by atoms with van der Waals surface area (Å²) >= 11 is 0. The van der Waals surface area contributed by atoms with E-state index in [1.165, 1.54) is 0 Å². The van der Waals surface area contributed by atoms with E-state index in [0.717, 1.165) is 23.6 Å². The fraction of sp³-hybridized carbons (Fsp3) is 0.538. The highest BCUT2D eigenvalue weighted by atomic mass is 16.5. The van der Waals surface area contributed by atoms with Gasteiger partial charge in [0.2, 0.25) is 0 Å². The molecule has 0 heterocycles. The summed E-state index contributed by atoms with van der Waals surface area (Å²) < 4.78 is 10.7. The first kappa shape index (κ1) is 12.8. The zero-order valence-corrected chi connectivity index (χ0v) is 10.8. The summed E-state index contributed by atoms with van der Waals surface area (Å²) in [6.07, 6.45) is 0. The number of nitrogens with two attached hydrogens (primary N) is 1. The third-order valence-corrected chi connectivity index (χ3v) is 2.42. The van der Waals surface area contributed by atoms with Crippen LogP contribution >= 0.6 is 0 Å². The highest BCUT2D eigenvalue weighted by Crippen LogP contribution is 2.29. The van der Waals surface area contributed by atoms with Crippen molar-refractivity contribution in [2.75, 3.05) is 14.2 Å². The molecule has 0 aliphatic carbocycles. The van der Waals surface area contributed by atoms with Crippen LogP contribution in [-0.2, 0) is 6.54 Å². The second kappa shape index (κ2) is 5.21. The summed E-state index contributed by atoms with van der Waals surface area (Å²) in [7, 11) is 3.34. The van der Waals surface area contributed by atoms with Gasteiger partial charge in [-0.05, 0) is 32.9 Å². The lowest BCUT2D eigenvalue weighted by Gasteiger charge is -2.18. The zero-order chi connectivity index (χ0) is 12.2. The molecule has 16 heavy (non-hydrogen) atoms. The van der Waals surface area contributed by atoms with E-state index >= 15 is 0 Å².